The molecule has 3 fully saturated rings. The molecule has 2 unspecified atom stereocenters. The first-order valence-corrected chi connectivity index (χ1v) is 9.53. The van der Waals surface area contributed by atoms with Gasteiger partial charge < -0.3 is 10.2 Å². The minimum atomic E-state index is -4.31. The number of benzene rings is 1. The monoisotopic (exact) mass is 380 g/mol. The fraction of sp³-hybridized carbons (Fsp3) is 0.600. The lowest BCUT2D eigenvalue weighted by molar-refractivity contribution is -0.139. The lowest BCUT2D eigenvalue weighted by Crippen LogP contribution is -2.50. The van der Waals surface area contributed by atoms with Crippen molar-refractivity contribution in [2.45, 2.75) is 44.3 Å². The molecule has 3 aliphatic rings. The summed E-state index contributed by atoms with van der Waals surface area (Å²) in [4.78, 5) is 25.9. The van der Waals surface area contributed by atoms with Crippen LogP contribution in [0.1, 0.15) is 43.2 Å². The molecular weight excluding hydrogens is 357 g/mol. The molecule has 7 heteroatoms. The molecule has 1 aromatic carbocycles. The largest absolute Gasteiger partial charge is 0.416 e. The van der Waals surface area contributed by atoms with E-state index in [4.69, 9.17) is 0 Å². The van der Waals surface area contributed by atoms with Gasteiger partial charge in [0, 0.05) is 31.5 Å². The highest BCUT2D eigenvalue weighted by Gasteiger charge is 2.57. The van der Waals surface area contributed by atoms with Crippen molar-refractivity contribution in [3.8, 4) is 0 Å². The van der Waals surface area contributed by atoms with Gasteiger partial charge in [-0.05, 0) is 48.3 Å². The van der Waals surface area contributed by atoms with Gasteiger partial charge in [0.1, 0.15) is 0 Å². The summed E-state index contributed by atoms with van der Waals surface area (Å²) in [6, 6.07) is 5.55. The molecule has 1 saturated heterocycles. The molecule has 2 aliphatic carbocycles. The Bertz CT molecular complexity index is 729. The Morgan fingerprint density at radius 2 is 1.70 bits per heavy atom. The molecular formula is C20H23F3N2O2. The zero-order valence-corrected chi connectivity index (χ0v) is 15.1. The minimum absolute atomic E-state index is 0.00539. The molecule has 1 aliphatic heterocycles. The van der Waals surface area contributed by atoms with Crippen LogP contribution >= 0.6 is 0 Å². The summed E-state index contributed by atoms with van der Waals surface area (Å²) in [5.41, 5.74) is 0.319. The number of carbonyl (C=O) groups excluding carboxylic acids is 2. The van der Waals surface area contributed by atoms with Crippen LogP contribution in [0, 0.1) is 17.8 Å². The Hall–Kier alpha value is -2.05. The van der Waals surface area contributed by atoms with Crippen molar-refractivity contribution in [1.82, 2.24) is 10.2 Å². The second kappa shape index (κ2) is 6.53. The Balaban J connectivity index is 1.27. The number of likely N-dealkylation sites (tertiary alicyclic amines) is 1. The van der Waals surface area contributed by atoms with Crippen LogP contribution < -0.4 is 5.32 Å². The lowest BCUT2D eigenvalue weighted by atomic mass is 9.79. The second-order valence-corrected chi connectivity index (χ2v) is 8.00. The number of hydrogen-bond donors (Lipinski definition) is 1. The van der Waals surface area contributed by atoms with Crippen molar-refractivity contribution in [3.05, 3.63) is 35.4 Å². The van der Waals surface area contributed by atoms with Crippen LogP contribution in [0.25, 0.3) is 0 Å². The van der Waals surface area contributed by atoms with Gasteiger partial charge in [-0.2, -0.15) is 13.2 Å². The minimum Gasteiger partial charge on any atom is -0.353 e. The molecule has 0 aromatic heterocycles. The molecule has 1 aromatic rings. The zero-order chi connectivity index (χ0) is 19.3. The number of rotatable bonds is 4. The Labute approximate surface area is 156 Å². The third-order valence-electron chi connectivity index (χ3n) is 6.30. The third kappa shape index (κ3) is 3.44. The topological polar surface area (TPSA) is 49.4 Å². The summed E-state index contributed by atoms with van der Waals surface area (Å²) in [5, 5.41) is 2.91. The quantitative estimate of drug-likeness (QED) is 0.872. The van der Waals surface area contributed by atoms with E-state index in [1.807, 2.05) is 4.90 Å². The molecule has 1 N–H and O–H groups in total. The number of hydrogen-bond acceptors (Lipinski definition) is 2. The number of amides is 2. The van der Waals surface area contributed by atoms with Crippen LogP contribution in [-0.4, -0.2) is 35.8 Å². The fourth-order valence-electron chi connectivity index (χ4n) is 4.62. The maximum absolute atomic E-state index is 12.7. The highest BCUT2D eigenvalue weighted by molar-refractivity contribution is 5.81. The smallest absolute Gasteiger partial charge is 0.353 e. The van der Waals surface area contributed by atoms with Crippen LogP contribution in [0.3, 0.4) is 0 Å². The molecule has 1 heterocycles. The average Bonchev–Trinajstić information content (AvgIpc) is 3.09. The van der Waals surface area contributed by atoms with Gasteiger partial charge in [0.25, 0.3) is 0 Å². The SMILES string of the molecule is CCC(=O)NC1CC(C(=O)N2CC3C(C2)C3c2ccc(C(F)(F)F)cc2)C1. The first-order valence-electron chi connectivity index (χ1n) is 9.53. The first-order chi connectivity index (χ1) is 12.8. The zero-order valence-electron chi connectivity index (χ0n) is 15.1. The van der Waals surface area contributed by atoms with E-state index < -0.39 is 11.7 Å². The molecule has 0 spiro atoms. The van der Waals surface area contributed by atoms with Crippen molar-refractivity contribution in [2.75, 3.05) is 13.1 Å². The van der Waals surface area contributed by atoms with E-state index in [9.17, 15) is 22.8 Å². The van der Waals surface area contributed by atoms with E-state index in [-0.39, 0.29) is 29.7 Å². The maximum atomic E-state index is 12.7. The predicted octanol–water partition coefficient (Wildman–Crippen LogP) is 3.18. The average molecular weight is 380 g/mol. The summed E-state index contributed by atoms with van der Waals surface area (Å²) < 4.78 is 38.0. The second-order valence-electron chi connectivity index (χ2n) is 8.00. The molecule has 0 bridgehead atoms. The van der Waals surface area contributed by atoms with Crippen molar-refractivity contribution in [1.29, 1.82) is 0 Å². The van der Waals surface area contributed by atoms with E-state index in [0.717, 1.165) is 17.7 Å². The molecule has 2 atom stereocenters. The normalized spacial score (nSPS) is 31.9. The van der Waals surface area contributed by atoms with Gasteiger partial charge in [-0.15, -0.1) is 0 Å². The van der Waals surface area contributed by atoms with Crippen LogP contribution in [0.2, 0.25) is 0 Å². The summed E-state index contributed by atoms with van der Waals surface area (Å²) in [7, 11) is 0. The number of carbonyl (C=O) groups is 2. The number of fused-ring (bicyclic) bond motifs is 1. The maximum Gasteiger partial charge on any atom is 0.416 e. The van der Waals surface area contributed by atoms with Gasteiger partial charge in [-0.1, -0.05) is 19.1 Å². The molecule has 4 nitrogen and oxygen atoms in total. The molecule has 27 heavy (non-hydrogen) atoms. The molecule has 2 amide bonds. The van der Waals surface area contributed by atoms with E-state index >= 15 is 0 Å². The number of nitrogens with one attached hydrogen (secondary N) is 1. The van der Waals surface area contributed by atoms with E-state index in [1.165, 1.54) is 0 Å². The molecule has 146 valence electrons. The van der Waals surface area contributed by atoms with Crippen LogP contribution in [-0.2, 0) is 15.8 Å². The third-order valence-corrected chi connectivity index (χ3v) is 6.30. The van der Waals surface area contributed by atoms with Gasteiger partial charge in [0.15, 0.2) is 0 Å². The molecule has 2 saturated carbocycles. The summed E-state index contributed by atoms with van der Waals surface area (Å²) >= 11 is 0. The number of halogens is 3. The Morgan fingerprint density at radius 3 is 2.22 bits per heavy atom. The Morgan fingerprint density at radius 1 is 1.11 bits per heavy atom. The van der Waals surface area contributed by atoms with Gasteiger partial charge >= 0.3 is 6.18 Å². The van der Waals surface area contributed by atoms with E-state index in [1.54, 1.807) is 19.1 Å². The first kappa shape index (κ1) is 18.3. The fourth-order valence-corrected chi connectivity index (χ4v) is 4.62. The van der Waals surface area contributed by atoms with Crippen molar-refractivity contribution < 1.29 is 22.8 Å². The van der Waals surface area contributed by atoms with Gasteiger partial charge in [0.2, 0.25) is 11.8 Å². The highest BCUT2D eigenvalue weighted by Crippen LogP contribution is 2.58. The van der Waals surface area contributed by atoms with Crippen molar-refractivity contribution >= 4 is 11.8 Å². The predicted molar refractivity (Wildman–Crippen MR) is 92.7 cm³/mol. The van der Waals surface area contributed by atoms with Crippen LogP contribution in [0.4, 0.5) is 13.2 Å². The summed E-state index contributed by atoms with van der Waals surface area (Å²) in [6.07, 6.45) is -2.44. The van der Waals surface area contributed by atoms with E-state index in [2.05, 4.69) is 5.32 Å². The Kier molecular flexibility index (Phi) is 4.43. The summed E-state index contributed by atoms with van der Waals surface area (Å²) in [5.74, 6) is 1.18. The van der Waals surface area contributed by atoms with Gasteiger partial charge in [-0.25, -0.2) is 0 Å². The standard InChI is InChI=1S/C20H23F3N2O2/c1-2-17(26)24-14-7-12(8-14)19(27)25-9-15-16(10-25)18(15)11-3-5-13(6-4-11)20(21,22)23/h3-6,12,14-16,18H,2,7-10H2,1H3,(H,24,26). The highest BCUT2D eigenvalue weighted by atomic mass is 19.4. The van der Waals surface area contributed by atoms with Crippen molar-refractivity contribution in [3.63, 3.8) is 0 Å². The van der Waals surface area contributed by atoms with Gasteiger partial charge in [0.05, 0.1) is 5.56 Å². The molecule has 4 rings (SSSR count). The number of alkyl halides is 3. The number of piperidine rings is 1. The van der Waals surface area contributed by atoms with E-state index in [0.29, 0.717) is 44.2 Å². The van der Waals surface area contributed by atoms with Crippen LogP contribution in [0.15, 0.2) is 24.3 Å². The van der Waals surface area contributed by atoms with Crippen LogP contribution in [0.5, 0.6) is 0 Å². The summed E-state index contributed by atoms with van der Waals surface area (Å²) in [6.45, 7) is 3.19. The number of nitrogens with zero attached hydrogens (tertiary/aromatic N) is 1. The molecule has 0 radical (unpaired) electrons. The van der Waals surface area contributed by atoms with Crippen molar-refractivity contribution in [2.24, 2.45) is 17.8 Å². The lowest BCUT2D eigenvalue weighted by Gasteiger charge is -2.37. The van der Waals surface area contributed by atoms with Gasteiger partial charge in [-0.3, -0.25) is 9.59 Å².